The quantitative estimate of drug-likeness (QED) is 0.492. The molecule has 0 bridgehead atoms. The Balaban J connectivity index is 1.71. The van der Waals surface area contributed by atoms with E-state index in [-0.39, 0.29) is 11.7 Å². The molecular weight excluding hydrogens is 306 g/mol. The summed E-state index contributed by atoms with van der Waals surface area (Å²) in [5.74, 6) is 0.980. The molecule has 24 heavy (non-hydrogen) atoms. The molecule has 0 aliphatic rings. The SMILES string of the molecule is O=C(/C=C/c1ccco1)Nc1cccnc1Nc1ccc(O)cc1. The number of carbonyl (C=O) groups excluding carboxylic acids is 1. The molecule has 3 rings (SSSR count). The Morgan fingerprint density at radius 2 is 1.96 bits per heavy atom. The van der Waals surface area contributed by atoms with Gasteiger partial charge in [0.2, 0.25) is 5.91 Å². The summed E-state index contributed by atoms with van der Waals surface area (Å²) >= 11 is 0. The van der Waals surface area contributed by atoms with Crippen molar-refractivity contribution in [1.82, 2.24) is 4.98 Å². The Labute approximate surface area is 138 Å². The number of furan rings is 1. The van der Waals surface area contributed by atoms with Crippen molar-refractivity contribution in [3.05, 3.63) is 72.8 Å². The Morgan fingerprint density at radius 3 is 2.71 bits per heavy atom. The number of benzene rings is 1. The van der Waals surface area contributed by atoms with Crippen LogP contribution in [0.1, 0.15) is 5.76 Å². The van der Waals surface area contributed by atoms with Crippen LogP contribution in [0.5, 0.6) is 5.75 Å². The number of amides is 1. The summed E-state index contributed by atoms with van der Waals surface area (Å²) in [5.41, 5.74) is 1.28. The van der Waals surface area contributed by atoms with E-state index in [2.05, 4.69) is 15.6 Å². The van der Waals surface area contributed by atoms with Gasteiger partial charge in [0.05, 0.1) is 12.0 Å². The minimum absolute atomic E-state index is 0.179. The first-order chi connectivity index (χ1) is 11.7. The molecule has 2 heterocycles. The molecular formula is C18H15N3O3. The molecule has 0 fully saturated rings. The smallest absolute Gasteiger partial charge is 0.248 e. The van der Waals surface area contributed by atoms with E-state index >= 15 is 0 Å². The van der Waals surface area contributed by atoms with E-state index in [0.29, 0.717) is 17.3 Å². The molecule has 0 aliphatic heterocycles. The topological polar surface area (TPSA) is 87.4 Å². The molecule has 3 N–H and O–H groups in total. The maximum Gasteiger partial charge on any atom is 0.248 e. The van der Waals surface area contributed by atoms with E-state index in [1.807, 2.05) is 0 Å². The van der Waals surface area contributed by atoms with Gasteiger partial charge in [-0.25, -0.2) is 4.98 Å². The van der Waals surface area contributed by atoms with Gasteiger partial charge in [-0.15, -0.1) is 0 Å². The molecule has 0 aliphatic carbocycles. The summed E-state index contributed by atoms with van der Waals surface area (Å²) in [6, 6.07) is 13.5. The van der Waals surface area contributed by atoms with E-state index in [4.69, 9.17) is 4.42 Å². The number of anilines is 3. The van der Waals surface area contributed by atoms with Gasteiger partial charge in [-0.2, -0.15) is 0 Å². The first-order valence-corrected chi connectivity index (χ1v) is 7.24. The second-order valence-corrected chi connectivity index (χ2v) is 4.91. The van der Waals surface area contributed by atoms with Crippen LogP contribution in [0, 0.1) is 0 Å². The Bertz CT molecular complexity index is 840. The lowest BCUT2D eigenvalue weighted by atomic mass is 10.3. The number of hydrogen-bond donors (Lipinski definition) is 3. The molecule has 1 amide bonds. The first-order valence-electron chi connectivity index (χ1n) is 7.24. The fraction of sp³-hybridized carbons (Fsp3) is 0. The van der Waals surface area contributed by atoms with Crippen molar-refractivity contribution in [3.8, 4) is 5.75 Å². The molecule has 0 radical (unpaired) electrons. The van der Waals surface area contributed by atoms with Gasteiger partial charge in [-0.3, -0.25) is 4.79 Å². The van der Waals surface area contributed by atoms with Crippen LogP contribution in [0.15, 0.2) is 71.5 Å². The van der Waals surface area contributed by atoms with Crippen molar-refractivity contribution in [2.24, 2.45) is 0 Å². The summed E-state index contributed by atoms with van der Waals surface area (Å²) < 4.78 is 5.13. The van der Waals surface area contributed by atoms with E-state index in [0.717, 1.165) is 5.69 Å². The van der Waals surface area contributed by atoms with E-state index in [1.165, 1.54) is 6.08 Å². The molecule has 0 unspecified atom stereocenters. The number of phenolic OH excluding ortho intramolecular Hbond substituents is 1. The van der Waals surface area contributed by atoms with Crippen molar-refractivity contribution in [3.63, 3.8) is 0 Å². The third-order valence-corrected chi connectivity index (χ3v) is 3.14. The van der Waals surface area contributed by atoms with Gasteiger partial charge in [0.1, 0.15) is 11.5 Å². The zero-order chi connectivity index (χ0) is 16.8. The molecule has 120 valence electrons. The Morgan fingerprint density at radius 1 is 1.12 bits per heavy atom. The minimum atomic E-state index is -0.298. The van der Waals surface area contributed by atoms with Crippen LogP contribution in [-0.4, -0.2) is 16.0 Å². The standard InChI is InChI=1S/C18H15N3O3/c22-14-7-5-13(6-8-14)20-18-16(4-1-11-19-18)21-17(23)10-9-15-3-2-12-24-15/h1-12,22H,(H,19,20)(H,21,23)/b10-9+. The van der Waals surface area contributed by atoms with Gasteiger partial charge in [0.25, 0.3) is 0 Å². The maximum atomic E-state index is 12.0. The molecule has 6 heteroatoms. The number of aromatic hydroxyl groups is 1. The van der Waals surface area contributed by atoms with Crippen LogP contribution in [-0.2, 0) is 4.79 Å². The van der Waals surface area contributed by atoms with Gasteiger partial charge in [0.15, 0.2) is 5.82 Å². The predicted molar refractivity (Wildman–Crippen MR) is 92.0 cm³/mol. The maximum absolute atomic E-state index is 12.0. The number of phenols is 1. The lowest BCUT2D eigenvalue weighted by Crippen LogP contribution is -2.10. The molecule has 2 aromatic heterocycles. The molecule has 6 nitrogen and oxygen atoms in total. The highest BCUT2D eigenvalue weighted by atomic mass is 16.3. The number of hydrogen-bond acceptors (Lipinski definition) is 5. The van der Waals surface area contributed by atoms with Crippen molar-refractivity contribution in [2.45, 2.75) is 0 Å². The molecule has 0 spiro atoms. The van der Waals surface area contributed by atoms with Crippen LogP contribution >= 0.6 is 0 Å². The monoisotopic (exact) mass is 321 g/mol. The summed E-state index contributed by atoms with van der Waals surface area (Å²) in [6.45, 7) is 0. The lowest BCUT2D eigenvalue weighted by Gasteiger charge is -2.11. The Hall–Kier alpha value is -3.54. The second kappa shape index (κ2) is 7.15. The number of carbonyl (C=O) groups is 1. The van der Waals surface area contributed by atoms with Crippen LogP contribution < -0.4 is 10.6 Å². The normalized spacial score (nSPS) is 10.7. The second-order valence-electron chi connectivity index (χ2n) is 4.91. The van der Waals surface area contributed by atoms with Crippen molar-refractivity contribution in [1.29, 1.82) is 0 Å². The van der Waals surface area contributed by atoms with E-state index < -0.39 is 0 Å². The fourth-order valence-corrected chi connectivity index (χ4v) is 2.01. The Kier molecular flexibility index (Phi) is 4.57. The van der Waals surface area contributed by atoms with Gasteiger partial charge in [0, 0.05) is 18.0 Å². The van der Waals surface area contributed by atoms with Gasteiger partial charge in [-0.05, 0) is 54.6 Å². The van der Waals surface area contributed by atoms with Gasteiger partial charge in [-0.1, -0.05) is 0 Å². The highest BCUT2D eigenvalue weighted by molar-refractivity contribution is 6.03. The molecule has 3 aromatic rings. The molecule has 1 aromatic carbocycles. The largest absolute Gasteiger partial charge is 0.508 e. The fourth-order valence-electron chi connectivity index (χ4n) is 2.01. The highest BCUT2D eigenvalue weighted by Gasteiger charge is 2.06. The number of pyridine rings is 1. The van der Waals surface area contributed by atoms with E-state index in [9.17, 15) is 9.90 Å². The van der Waals surface area contributed by atoms with Crippen LogP contribution in [0.2, 0.25) is 0 Å². The number of aromatic nitrogens is 1. The first kappa shape index (κ1) is 15.4. The third-order valence-electron chi connectivity index (χ3n) is 3.14. The molecule has 0 atom stereocenters. The zero-order valence-corrected chi connectivity index (χ0v) is 12.6. The van der Waals surface area contributed by atoms with Crippen molar-refractivity contribution >= 4 is 29.2 Å². The van der Waals surface area contributed by atoms with E-state index in [1.54, 1.807) is 67.1 Å². The summed E-state index contributed by atoms with van der Waals surface area (Å²) in [7, 11) is 0. The van der Waals surface area contributed by atoms with Gasteiger partial charge >= 0.3 is 0 Å². The number of nitrogens with zero attached hydrogens (tertiary/aromatic N) is 1. The summed E-state index contributed by atoms with van der Waals surface area (Å²) in [5, 5.41) is 15.2. The summed E-state index contributed by atoms with van der Waals surface area (Å²) in [6.07, 6.45) is 6.13. The van der Waals surface area contributed by atoms with Gasteiger partial charge < -0.3 is 20.2 Å². The predicted octanol–water partition coefficient (Wildman–Crippen LogP) is 3.78. The zero-order valence-electron chi connectivity index (χ0n) is 12.6. The van der Waals surface area contributed by atoms with Crippen LogP contribution in [0.25, 0.3) is 6.08 Å². The minimum Gasteiger partial charge on any atom is -0.508 e. The lowest BCUT2D eigenvalue weighted by molar-refractivity contribution is -0.111. The highest BCUT2D eigenvalue weighted by Crippen LogP contribution is 2.24. The third kappa shape index (κ3) is 4.01. The van der Waals surface area contributed by atoms with Crippen LogP contribution in [0.4, 0.5) is 17.2 Å². The average Bonchev–Trinajstić information content (AvgIpc) is 3.10. The average molecular weight is 321 g/mol. The molecule has 0 saturated carbocycles. The molecule has 0 saturated heterocycles. The van der Waals surface area contributed by atoms with Crippen molar-refractivity contribution in [2.75, 3.05) is 10.6 Å². The summed E-state index contributed by atoms with van der Waals surface area (Å²) in [4.78, 5) is 16.3. The van der Waals surface area contributed by atoms with Crippen LogP contribution in [0.3, 0.4) is 0 Å². The number of rotatable bonds is 5. The number of nitrogens with one attached hydrogen (secondary N) is 2. The van der Waals surface area contributed by atoms with Crippen molar-refractivity contribution < 1.29 is 14.3 Å².